The number of aryl methyl sites for hydroxylation is 2. The molecule has 1 saturated heterocycles. The van der Waals surface area contributed by atoms with Crippen molar-refractivity contribution in [2.75, 3.05) is 13.1 Å². The second-order valence-electron chi connectivity index (χ2n) is 7.40. The number of rotatable bonds is 3. The number of hydrogen-bond donors (Lipinski definition) is 1. The maximum absolute atomic E-state index is 12.4. The lowest BCUT2D eigenvalue weighted by atomic mass is 9.87. The van der Waals surface area contributed by atoms with Crippen LogP contribution in [0.3, 0.4) is 0 Å². The molecule has 0 radical (unpaired) electrons. The molecule has 2 aliphatic rings. The molecule has 0 spiro atoms. The largest absolute Gasteiger partial charge is 0.454 e. The first-order chi connectivity index (χ1) is 12.1. The lowest BCUT2D eigenvalue weighted by molar-refractivity contribution is 0.0386. The minimum Gasteiger partial charge on any atom is -0.454 e. The number of benzene rings is 2. The Balaban J connectivity index is 1.59. The maximum atomic E-state index is 12.4. The van der Waals surface area contributed by atoms with Gasteiger partial charge >= 0.3 is 5.97 Å². The first-order valence-electron chi connectivity index (χ1n) is 9.23. The smallest absolute Gasteiger partial charge is 0.339 e. The molecule has 0 bridgehead atoms. The fraction of sp³-hybridized carbons (Fsp3) is 0.409. The molecule has 3 nitrogen and oxygen atoms in total. The molecule has 3 heteroatoms. The molecule has 2 aliphatic heterocycles. The van der Waals surface area contributed by atoms with E-state index >= 15 is 0 Å². The molecule has 0 saturated carbocycles. The summed E-state index contributed by atoms with van der Waals surface area (Å²) >= 11 is 0. The quantitative estimate of drug-likeness (QED) is 0.853. The highest BCUT2D eigenvalue weighted by Gasteiger charge is 2.32. The third kappa shape index (κ3) is 3.21. The molecular weight excluding hydrogens is 310 g/mol. The summed E-state index contributed by atoms with van der Waals surface area (Å²) < 4.78 is 5.71. The molecule has 1 N–H and O–H groups in total. The van der Waals surface area contributed by atoms with Crippen LogP contribution in [-0.4, -0.2) is 19.1 Å². The number of cyclic esters (lactones) is 1. The van der Waals surface area contributed by atoms with Crippen LogP contribution in [0.1, 0.15) is 63.0 Å². The molecule has 2 aromatic rings. The Kier molecular flexibility index (Phi) is 4.34. The first kappa shape index (κ1) is 16.3. The van der Waals surface area contributed by atoms with Crippen molar-refractivity contribution in [3.63, 3.8) is 0 Å². The van der Waals surface area contributed by atoms with Gasteiger partial charge in [0.05, 0.1) is 5.56 Å². The number of hydrogen-bond acceptors (Lipinski definition) is 3. The molecule has 2 heterocycles. The van der Waals surface area contributed by atoms with E-state index < -0.39 is 0 Å². The number of esters is 1. The van der Waals surface area contributed by atoms with E-state index in [1.54, 1.807) is 0 Å². The monoisotopic (exact) mass is 335 g/mol. The lowest BCUT2D eigenvalue weighted by Gasteiger charge is -2.23. The van der Waals surface area contributed by atoms with Crippen LogP contribution in [0.2, 0.25) is 0 Å². The second-order valence-corrected chi connectivity index (χ2v) is 7.40. The minimum atomic E-state index is -0.166. The van der Waals surface area contributed by atoms with Crippen molar-refractivity contribution >= 4 is 5.97 Å². The molecule has 2 aromatic carbocycles. The third-order valence-electron chi connectivity index (χ3n) is 5.61. The van der Waals surface area contributed by atoms with Gasteiger partial charge in [-0.05, 0) is 68.5 Å². The zero-order chi connectivity index (χ0) is 17.4. The summed E-state index contributed by atoms with van der Waals surface area (Å²) in [5.41, 5.74) is 6.86. The Hall–Kier alpha value is -2.13. The number of ether oxygens (including phenoxy) is 1. The molecule has 0 aliphatic carbocycles. The summed E-state index contributed by atoms with van der Waals surface area (Å²) in [4.78, 5) is 12.4. The molecule has 0 aromatic heterocycles. The van der Waals surface area contributed by atoms with Crippen LogP contribution in [0.4, 0.5) is 0 Å². The van der Waals surface area contributed by atoms with Gasteiger partial charge in [0.2, 0.25) is 0 Å². The fourth-order valence-electron chi connectivity index (χ4n) is 4.12. The van der Waals surface area contributed by atoms with Crippen molar-refractivity contribution in [2.45, 2.75) is 45.1 Å². The van der Waals surface area contributed by atoms with Crippen LogP contribution in [0.25, 0.3) is 0 Å². The highest BCUT2D eigenvalue weighted by Crippen LogP contribution is 2.36. The highest BCUT2D eigenvalue weighted by molar-refractivity contribution is 5.94. The highest BCUT2D eigenvalue weighted by atomic mass is 16.5. The average molecular weight is 335 g/mol. The van der Waals surface area contributed by atoms with Gasteiger partial charge in [-0.3, -0.25) is 0 Å². The van der Waals surface area contributed by atoms with E-state index in [9.17, 15) is 4.79 Å². The predicted molar refractivity (Wildman–Crippen MR) is 99.1 cm³/mol. The Morgan fingerprint density at radius 3 is 2.64 bits per heavy atom. The van der Waals surface area contributed by atoms with E-state index in [4.69, 9.17) is 4.74 Å². The van der Waals surface area contributed by atoms with Crippen LogP contribution in [0.15, 0.2) is 36.4 Å². The van der Waals surface area contributed by atoms with Gasteiger partial charge in [-0.2, -0.15) is 0 Å². The van der Waals surface area contributed by atoms with E-state index in [1.165, 1.54) is 22.3 Å². The van der Waals surface area contributed by atoms with Gasteiger partial charge in [0.15, 0.2) is 0 Å². The molecule has 0 amide bonds. The van der Waals surface area contributed by atoms with Gasteiger partial charge in [0, 0.05) is 12.0 Å². The van der Waals surface area contributed by atoms with Crippen LogP contribution in [0, 0.1) is 13.8 Å². The zero-order valence-electron chi connectivity index (χ0n) is 15.0. The second kappa shape index (κ2) is 6.64. The summed E-state index contributed by atoms with van der Waals surface area (Å²) in [6.07, 6.45) is 2.86. The Labute approximate surface area is 149 Å². The van der Waals surface area contributed by atoms with Crippen LogP contribution in [-0.2, 0) is 11.2 Å². The topological polar surface area (TPSA) is 38.3 Å². The summed E-state index contributed by atoms with van der Waals surface area (Å²) in [5.74, 6) is 0.387. The number of carbonyl (C=O) groups is 1. The average Bonchev–Trinajstić information content (AvgIpc) is 2.93. The Morgan fingerprint density at radius 1 is 1.08 bits per heavy atom. The van der Waals surface area contributed by atoms with Gasteiger partial charge in [-0.15, -0.1) is 0 Å². The van der Waals surface area contributed by atoms with Crippen molar-refractivity contribution in [1.29, 1.82) is 0 Å². The van der Waals surface area contributed by atoms with Gasteiger partial charge < -0.3 is 10.1 Å². The van der Waals surface area contributed by atoms with Crippen molar-refractivity contribution in [3.8, 4) is 0 Å². The normalized spacial score (nSPS) is 20.4. The van der Waals surface area contributed by atoms with Gasteiger partial charge in [0.1, 0.15) is 6.10 Å². The van der Waals surface area contributed by atoms with Gasteiger partial charge in [0.25, 0.3) is 0 Å². The van der Waals surface area contributed by atoms with Gasteiger partial charge in [-0.25, -0.2) is 4.79 Å². The van der Waals surface area contributed by atoms with E-state index in [-0.39, 0.29) is 12.1 Å². The summed E-state index contributed by atoms with van der Waals surface area (Å²) in [6.45, 7) is 6.34. The number of nitrogens with one attached hydrogen (secondary N) is 1. The molecule has 25 heavy (non-hydrogen) atoms. The van der Waals surface area contributed by atoms with Crippen molar-refractivity contribution in [2.24, 2.45) is 0 Å². The molecule has 130 valence electrons. The van der Waals surface area contributed by atoms with E-state index in [2.05, 4.69) is 55.6 Å². The Bertz CT molecular complexity index is 806. The van der Waals surface area contributed by atoms with Crippen LogP contribution >= 0.6 is 0 Å². The fourth-order valence-corrected chi connectivity index (χ4v) is 4.12. The number of carbonyl (C=O) groups excluding carboxylic acids is 1. The predicted octanol–water partition coefficient (Wildman–Crippen LogP) is 4.22. The summed E-state index contributed by atoms with van der Waals surface area (Å²) in [5, 5.41) is 3.40. The van der Waals surface area contributed by atoms with Crippen LogP contribution < -0.4 is 5.32 Å². The summed E-state index contributed by atoms with van der Waals surface area (Å²) in [7, 11) is 0. The minimum absolute atomic E-state index is 0.161. The standard InChI is InChI=1S/C22H25NO2/c1-14-3-4-17(15(2)11-14)13-21-19-6-5-18(12-20(19)22(24)25-21)16-7-9-23-10-8-16/h3-6,11-12,16,21,23H,7-10,13H2,1-2H3. The van der Waals surface area contributed by atoms with Crippen LogP contribution in [0.5, 0.6) is 0 Å². The molecule has 1 atom stereocenters. The Morgan fingerprint density at radius 2 is 1.88 bits per heavy atom. The molecule has 1 unspecified atom stereocenters. The number of fused-ring (bicyclic) bond motifs is 1. The number of piperidine rings is 1. The summed E-state index contributed by atoms with van der Waals surface area (Å²) in [6, 6.07) is 12.9. The first-order valence-corrected chi connectivity index (χ1v) is 9.23. The maximum Gasteiger partial charge on any atom is 0.339 e. The molecular formula is C22H25NO2. The van der Waals surface area contributed by atoms with E-state index in [0.29, 0.717) is 5.92 Å². The van der Waals surface area contributed by atoms with Gasteiger partial charge in [-0.1, -0.05) is 35.9 Å². The third-order valence-corrected chi connectivity index (χ3v) is 5.61. The van der Waals surface area contributed by atoms with E-state index in [0.717, 1.165) is 43.5 Å². The van der Waals surface area contributed by atoms with E-state index in [1.807, 2.05) is 0 Å². The molecule has 4 rings (SSSR count). The van der Waals surface area contributed by atoms with Crippen molar-refractivity contribution < 1.29 is 9.53 Å². The SMILES string of the molecule is Cc1ccc(CC2OC(=O)c3cc(C4CCNCC4)ccc32)c(C)c1. The van der Waals surface area contributed by atoms with Crippen molar-refractivity contribution in [3.05, 3.63) is 69.8 Å². The van der Waals surface area contributed by atoms with Crippen molar-refractivity contribution in [1.82, 2.24) is 5.32 Å². The zero-order valence-corrected chi connectivity index (χ0v) is 15.0. The molecule has 1 fully saturated rings. The lowest BCUT2D eigenvalue weighted by Crippen LogP contribution is -2.26.